The maximum Gasteiger partial charge on any atom is 0.247 e. The van der Waals surface area contributed by atoms with Crippen molar-refractivity contribution in [1.29, 1.82) is 0 Å². The van der Waals surface area contributed by atoms with Crippen molar-refractivity contribution in [3.05, 3.63) is 54.1 Å². The highest BCUT2D eigenvalue weighted by atomic mass is 35.5. The molecule has 2 amide bonds. The van der Waals surface area contributed by atoms with E-state index < -0.39 is 12.1 Å². The van der Waals surface area contributed by atoms with E-state index in [-0.39, 0.29) is 36.9 Å². The van der Waals surface area contributed by atoms with E-state index in [2.05, 4.69) is 5.32 Å². The third-order valence-corrected chi connectivity index (χ3v) is 6.82. The van der Waals surface area contributed by atoms with E-state index in [0.717, 1.165) is 25.7 Å². The first-order valence-electron chi connectivity index (χ1n) is 12.3. The molecule has 1 saturated carbocycles. The Hall–Kier alpha value is -2.93. The SMILES string of the molecule is COc1ccc([C@H](C(=O)NC2CCCCCC2)N(C[C@@H]2COc3ccccc3O2)C(=O)CCl)cc1. The van der Waals surface area contributed by atoms with Gasteiger partial charge in [-0.2, -0.15) is 0 Å². The van der Waals surface area contributed by atoms with Gasteiger partial charge in [0.1, 0.15) is 24.3 Å². The van der Waals surface area contributed by atoms with Crippen molar-refractivity contribution in [2.24, 2.45) is 0 Å². The quantitative estimate of drug-likeness (QED) is 0.427. The van der Waals surface area contributed by atoms with E-state index in [1.165, 1.54) is 17.7 Å². The monoisotopic (exact) mass is 500 g/mol. The third-order valence-electron chi connectivity index (χ3n) is 6.60. The molecular formula is C27H33ClN2O5. The van der Waals surface area contributed by atoms with Gasteiger partial charge in [0, 0.05) is 6.04 Å². The number of methoxy groups -OCH3 is 1. The van der Waals surface area contributed by atoms with Crippen LogP contribution in [0.1, 0.15) is 50.1 Å². The van der Waals surface area contributed by atoms with Gasteiger partial charge in [-0.15, -0.1) is 11.6 Å². The number of hydrogen-bond donors (Lipinski definition) is 1. The molecule has 8 heteroatoms. The van der Waals surface area contributed by atoms with E-state index in [1.807, 2.05) is 36.4 Å². The van der Waals surface area contributed by atoms with Gasteiger partial charge >= 0.3 is 0 Å². The minimum Gasteiger partial charge on any atom is -0.497 e. The summed E-state index contributed by atoms with van der Waals surface area (Å²) in [6.45, 7) is 0.428. The molecule has 1 aliphatic carbocycles. The summed E-state index contributed by atoms with van der Waals surface area (Å²) in [7, 11) is 1.59. The number of amides is 2. The van der Waals surface area contributed by atoms with Crippen LogP contribution in [0.25, 0.3) is 0 Å². The zero-order chi connectivity index (χ0) is 24.6. The number of carbonyl (C=O) groups excluding carboxylic acids is 2. The number of hydrogen-bond acceptors (Lipinski definition) is 5. The molecule has 1 fully saturated rings. The summed E-state index contributed by atoms with van der Waals surface area (Å²) in [6.07, 6.45) is 6.01. The molecule has 4 rings (SSSR count). The van der Waals surface area contributed by atoms with Crippen LogP contribution >= 0.6 is 11.6 Å². The number of ether oxygens (including phenoxy) is 3. The predicted molar refractivity (Wildman–Crippen MR) is 134 cm³/mol. The number of alkyl halides is 1. The number of nitrogens with one attached hydrogen (secondary N) is 1. The molecule has 7 nitrogen and oxygen atoms in total. The first-order chi connectivity index (χ1) is 17.1. The van der Waals surface area contributed by atoms with E-state index in [9.17, 15) is 9.59 Å². The Morgan fingerprint density at radius 1 is 1.06 bits per heavy atom. The van der Waals surface area contributed by atoms with Gasteiger partial charge in [0.2, 0.25) is 11.8 Å². The Bertz CT molecular complexity index is 991. The average Bonchev–Trinajstić information content (AvgIpc) is 3.16. The number of nitrogens with zero attached hydrogens (tertiary/aromatic N) is 1. The molecule has 2 aromatic rings. The number of fused-ring (bicyclic) bond motifs is 1. The standard InChI is InChI=1S/C27H33ClN2O5/c1-33-21-14-12-19(13-15-21)26(27(32)29-20-8-4-2-3-5-9-20)30(25(31)16-28)17-22-18-34-23-10-6-7-11-24(23)35-22/h6-7,10-15,20,22,26H,2-5,8-9,16-18H2,1H3,(H,29,32)/t22-,26-/m1/s1. The summed E-state index contributed by atoms with van der Waals surface area (Å²) >= 11 is 6.03. The largest absolute Gasteiger partial charge is 0.497 e. The van der Waals surface area contributed by atoms with Crippen molar-refractivity contribution in [3.63, 3.8) is 0 Å². The Kier molecular flexibility index (Phi) is 8.74. The highest BCUT2D eigenvalue weighted by molar-refractivity contribution is 6.27. The molecule has 0 radical (unpaired) electrons. The minimum absolute atomic E-state index is 0.0971. The van der Waals surface area contributed by atoms with Crippen molar-refractivity contribution in [3.8, 4) is 17.2 Å². The second-order valence-electron chi connectivity index (χ2n) is 9.05. The van der Waals surface area contributed by atoms with Crippen LogP contribution in [0, 0.1) is 0 Å². The van der Waals surface area contributed by atoms with Crippen molar-refractivity contribution in [2.45, 2.75) is 56.7 Å². The average molecular weight is 501 g/mol. The second-order valence-corrected chi connectivity index (χ2v) is 9.32. The van der Waals surface area contributed by atoms with Crippen LogP contribution in [0.3, 0.4) is 0 Å². The van der Waals surface area contributed by atoms with Gasteiger partial charge in [-0.3, -0.25) is 9.59 Å². The molecule has 2 aliphatic rings. The molecule has 188 valence electrons. The molecule has 0 unspecified atom stereocenters. The van der Waals surface area contributed by atoms with Gasteiger partial charge in [0.15, 0.2) is 17.6 Å². The lowest BCUT2D eigenvalue weighted by molar-refractivity contribution is -0.141. The van der Waals surface area contributed by atoms with Crippen LogP contribution < -0.4 is 19.5 Å². The molecule has 0 aromatic heterocycles. The van der Waals surface area contributed by atoms with Crippen LogP contribution in [-0.2, 0) is 9.59 Å². The van der Waals surface area contributed by atoms with Crippen LogP contribution in [0.15, 0.2) is 48.5 Å². The van der Waals surface area contributed by atoms with Gasteiger partial charge in [-0.25, -0.2) is 0 Å². The molecule has 1 heterocycles. The summed E-state index contributed by atoms with van der Waals surface area (Å²) in [4.78, 5) is 28.4. The molecule has 1 N–H and O–H groups in total. The van der Waals surface area contributed by atoms with E-state index in [1.54, 1.807) is 19.2 Å². The minimum atomic E-state index is -0.851. The normalized spacial score (nSPS) is 18.7. The molecule has 2 aromatic carbocycles. The Balaban J connectivity index is 1.60. The summed E-state index contributed by atoms with van der Waals surface area (Å²) in [6, 6.07) is 13.9. The van der Waals surface area contributed by atoms with Gasteiger partial charge < -0.3 is 24.4 Å². The molecular weight excluding hydrogens is 468 g/mol. The lowest BCUT2D eigenvalue weighted by atomic mass is 10.0. The maximum absolute atomic E-state index is 13.7. The lowest BCUT2D eigenvalue weighted by Crippen LogP contribution is -2.51. The number of halogens is 1. The van der Waals surface area contributed by atoms with Crippen LogP contribution in [0.4, 0.5) is 0 Å². The third kappa shape index (κ3) is 6.40. The fourth-order valence-corrected chi connectivity index (χ4v) is 4.92. The Morgan fingerprint density at radius 2 is 1.74 bits per heavy atom. The van der Waals surface area contributed by atoms with Gasteiger partial charge in [0.25, 0.3) is 0 Å². The van der Waals surface area contributed by atoms with E-state index in [4.69, 9.17) is 25.8 Å². The summed E-state index contributed by atoms with van der Waals surface area (Å²) in [5.74, 6) is 1.16. The smallest absolute Gasteiger partial charge is 0.247 e. The second kappa shape index (κ2) is 12.2. The topological polar surface area (TPSA) is 77.1 Å². The number of para-hydroxylation sites is 2. The maximum atomic E-state index is 13.7. The first-order valence-corrected chi connectivity index (χ1v) is 12.8. The molecule has 2 atom stereocenters. The summed E-state index contributed by atoms with van der Waals surface area (Å²) in [5.41, 5.74) is 0.688. The Labute approximate surface area is 211 Å². The fraction of sp³-hybridized carbons (Fsp3) is 0.481. The summed E-state index contributed by atoms with van der Waals surface area (Å²) < 4.78 is 17.3. The molecule has 0 spiro atoms. The highest BCUT2D eigenvalue weighted by Crippen LogP contribution is 2.32. The lowest BCUT2D eigenvalue weighted by Gasteiger charge is -2.36. The zero-order valence-corrected chi connectivity index (χ0v) is 20.8. The van der Waals surface area contributed by atoms with Crippen LogP contribution in [-0.4, -0.2) is 55.0 Å². The molecule has 0 bridgehead atoms. The summed E-state index contributed by atoms with van der Waals surface area (Å²) in [5, 5.41) is 3.22. The molecule has 35 heavy (non-hydrogen) atoms. The fourth-order valence-electron chi connectivity index (χ4n) is 4.76. The number of rotatable bonds is 8. The Morgan fingerprint density at radius 3 is 2.40 bits per heavy atom. The zero-order valence-electron chi connectivity index (χ0n) is 20.1. The van der Waals surface area contributed by atoms with Gasteiger partial charge in [-0.05, 0) is 42.7 Å². The molecule has 1 aliphatic heterocycles. The van der Waals surface area contributed by atoms with Crippen molar-refractivity contribution in [2.75, 3.05) is 26.1 Å². The predicted octanol–water partition coefficient (Wildman–Crippen LogP) is 4.48. The number of carbonyl (C=O) groups is 2. The van der Waals surface area contributed by atoms with Crippen molar-refractivity contribution >= 4 is 23.4 Å². The molecule has 0 saturated heterocycles. The van der Waals surface area contributed by atoms with Crippen LogP contribution in [0.2, 0.25) is 0 Å². The number of benzene rings is 2. The van der Waals surface area contributed by atoms with E-state index >= 15 is 0 Å². The highest BCUT2D eigenvalue weighted by Gasteiger charge is 2.35. The van der Waals surface area contributed by atoms with Crippen molar-refractivity contribution in [1.82, 2.24) is 10.2 Å². The van der Waals surface area contributed by atoms with Crippen molar-refractivity contribution < 1.29 is 23.8 Å². The van der Waals surface area contributed by atoms with Gasteiger partial charge in [0.05, 0.1) is 13.7 Å². The van der Waals surface area contributed by atoms with Crippen LogP contribution in [0.5, 0.6) is 17.2 Å². The van der Waals surface area contributed by atoms with E-state index in [0.29, 0.717) is 22.8 Å². The first kappa shape index (κ1) is 25.2. The van der Waals surface area contributed by atoms with Gasteiger partial charge in [-0.1, -0.05) is 49.9 Å².